The van der Waals surface area contributed by atoms with Crippen LogP contribution in [0.2, 0.25) is 0 Å². The second kappa shape index (κ2) is 17.7. The summed E-state index contributed by atoms with van der Waals surface area (Å²) in [4.78, 5) is 10.3. The minimum atomic E-state index is -2.42. The number of phenolic OH excluding ortho intramolecular Hbond substituents is 1. The van der Waals surface area contributed by atoms with Crippen molar-refractivity contribution in [1.82, 2.24) is 14.5 Å². The fourth-order valence-electron chi connectivity index (χ4n) is 8.29. The molecule has 0 unspecified atom stereocenters. The molecule has 0 aliphatic rings. The van der Waals surface area contributed by atoms with Gasteiger partial charge in [0.1, 0.15) is 11.6 Å². The largest absolute Gasteiger partial charge is 0.507 e. The van der Waals surface area contributed by atoms with Crippen molar-refractivity contribution in [3.63, 3.8) is 0 Å². The number of rotatable bonds is 9. The van der Waals surface area contributed by atoms with E-state index in [1.165, 1.54) is 0 Å². The van der Waals surface area contributed by atoms with Crippen LogP contribution >= 0.6 is 0 Å². The van der Waals surface area contributed by atoms with Gasteiger partial charge in [-0.05, 0) is 93.7 Å². The Labute approximate surface area is 389 Å². The monoisotopic (exact) mass is 997 g/mol. The van der Waals surface area contributed by atoms with E-state index in [4.69, 9.17) is 15.5 Å². The Bertz CT molecular complexity index is 3380. The Morgan fingerprint density at radius 2 is 1.17 bits per heavy atom. The van der Waals surface area contributed by atoms with E-state index in [1.807, 2.05) is 158 Å². The fraction of sp³-hybridized carbons (Fsp3) is 0.0690. The number of benzene rings is 8. The molecule has 0 aliphatic heterocycles. The Kier molecular flexibility index (Phi) is 10.3. The number of fused-ring (bicyclic) bond motifs is 1. The number of pyridine rings is 1. The van der Waals surface area contributed by atoms with Crippen LogP contribution in [0, 0.1) is 12.9 Å². The normalized spacial score (nSPS) is 12.5. The number of nitrogens with zero attached hydrogens (tertiary/aromatic N) is 3. The molecule has 0 fully saturated rings. The maximum Gasteiger partial charge on any atom is 0.148 e. The molecule has 10 aromatic rings. The standard InChI is InChI=1S/C58H44N3O.Pt/c1-38(2)40-26-28-42(29-27-40)45-30-31-59-53(36-45)48-34-46(41-16-7-4-8-17-41)33-47(35-48)49-23-15-24-54-57(49)60-58(50-22-13-14-25-56(50)62)61(54)55-37-51(43-18-9-5-10-19-43)39(3)32-52(55)44-20-11-6-12-21-44;/h4-34,36-38,62H,1-3H3;/q-1;/i3D3,38D;. The van der Waals surface area contributed by atoms with Gasteiger partial charge in [-0.2, -0.15) is 0 Å². The SMILES string of the molecule is [2H]C([2H])([2H])c1cc(-c2ccccc2)c(-n2c(-c3ccccc3O)nc3c(-c4[c-]c(-c5cc(-c6ccc(C([2H])(C)C)cc6)ccn5)cc(-c5ccccc5)c4)cccc32)cc1-c1ccccc1.[Pt]. The van der Waals surface area contributed by atoms with Gasteiger partial charge in [0.05, 0.1) is 22.3 Å². The fourth-order valence-corrected chi connectivity index (χ4v) is 8.29. The summed E-state index contributed by atoms with van der Waals surface area (Å²) in [5.41, 5.74) is 13.9. The quantitative estimate of drug-likeness (QED) is 0.147. The second-order valence-electron chi connectivity index (χ2n) is 15.7. The molecule has 0 atom stereocenters. The zero-order chi connectivity index (χ0) is 45.6. The smallest absolute Gasteiger partial charge is 0.148 e. The van der Waals surface area contributed by atoms with Gasteiger partial charge in [-0.15, -0.1) is 23.8 Å². The summed E-state index contributed by atoms with van der Waals surface area (Å²) < 4.78 is 36.8. The zero-order valence-corrected chi connectivity index (χ0v) is 36.9. The van der Waals surface area contributed by atoms with Gasteiger partial charge < -0.3 is 5.11 Å². The number of aromatic hydroxyl groups is 1. The summed E-state index contributed by atoms with van der Waals surface area (Å²) in [6, 6.07) is 66.8. The van der Waals surface area contributed by atoms with Crippen LogP contribution in [0.15, 0.2) is 200 Å². The minimum Gasteiger partial charge on any atom is -0.507 e. The Hall–Kier alpha value is -7.13. The molecule has 2 heterocycles. The molecular weight excluding hydrogens is 950 g/mol. The van der Waals surface area contributed by atoms with Crippen LogP contribution in [0.3, 0.4) is 0 Å². The van der Waals surface area contributed by atoms with Crippen molar-refractivity contribution in [2.45, 2.75) is 26.6 Å². The van der Waals surface area contributed by atoms with Gasteiger partial charge in [-0.25, -0.2) is 4.98 Å². The molecule has 0 bridgehead atoms. The number of phenols is 1. The summed E-state index contributed by atoms with van der Waals surface area (Å²) in [7, 11) is 0. The average Bonchev–Trinajstić information content (AvgIpc) is 3.73. The van der Waals surface area contributed by atoms with Crippen molar-refractivity contribution in [1.29, 1.82) is 0 Å². The predicted molar refractivity (Wildman–Crippen MR) is 256 cm³/mol. The maximum absolute atomic E-state index is 11.5. The Morgan fingerprint density at radius 3 is 1.86 bits per heavy atom. The first-order chi connectivity index (χ1) is 31.9. The van der Waals surface area contributed by atoms with Crippen molar-refractivity contribution < 1.29 is 31.7 Å². The number of hydrogen-bond donors (Lipinski definition) is 1. The number of aromatic nitrogens is 3. The van der Waals surface area contributed by atoms with Crippen molar-refractivity contribution in [3.8, 4) is 89.7 Å². The number of imidazole rings is 1. The molecule has 0 aliphatic carbocycles. The van der Waals surface area contributed by atoms with Crippen molar-refractivity contribution in [2.75, 3.05) is 0 Å². The summed E-state index contributed by atoms with van der Waals surface area (Å²) in [5, 5.41) is 11.5. The first kappa shape index (κ1) is 36.5. The van der Waals surface area contributed by atoms with E-state index in [2.05, 4.69) is 48.5 Å². The van der Waals surface area contributed by atoms with Crippen molar-refractivity contribution in [3.05, 3.63) is 218 Å². The van der Waals surface area contributed by atoms with Crippen LogP contribution in [-0.4, -0.2) is 19.6 Å². The molecular formula is C58H44N3OPt-. The molecule has 0 radical (unpaired) electrons. The van der Waals surface area contributed by atoms with Crippen molar-refractivity contribution >= 4 is 11.0 Å². The maximum atomic E-state index is 11.5. The molecule has 0 saturated heterocycles. The molecule has 0 saturated carbocycles. The summed E-state index contributed by atoms with van der Waals surface area (Å²) in [5.74, 6) is -0.156. The molecule has 0 spiro atoms. The molecule has 8 aromatic carbocycles. The Morgan fingerprint density at radius 1 is 0.556 bits per heavy atom. The van der Waals surface area contributed by atoms with Crippen molar-refractivity contribution in [2.24, 2.45) is 0 Å². The second-order valence-corrected chi connectivity index (χ2v) is 15.7. The van der Waals surface area contributed by atoms with E-state index < -0.39 is 12.7 Å². The third-order valence-corrected chi connectivity index (χ3v) is 11.5. The summed E-state index contributed by atoms with van der Waals surface area (Å²) >= 11 is 0. The van der Waals surface area contributed by atoms with Gasteiger partial charge in [0.2, 0.25) is 0 Å². The van der Waals surface area contributed by atoms with Crippen LogP contribution < -0.4 is 0 Å². The number of aryl methyl sites for hydroxylation is 1. The van der Waals surface area contributed by atoms with E-state index in [-0.39, 0.29) is 32.4 Å². The van der Waals surface area contributed by atoms with Gasteiger partial charge in [0, 0.05) is 44.0 Å². The van der Waals surface area contributed by atoms with E-state index in [0.717, 1.165) is 66.8 Å². The van der Waals surface area contributed by atoms with Crippen LogP contribution in [0.1, 0.15) is 36.4 Å². The van der Waals surface area contributed by atoms with E-state index in [0.29, 0.717) is 33.7 Å². The minimum absolute atomic E-state index is 0. The van der Waals surface area contributed by atoms with Crippen LogP contribution in [-0.2, 0) is 21.1 Å². The van der Waals surface area contributed by atoms with Crippen LogP contribution in [0.5, 0.6) is 5.75 Å². The summed E-state index contributed by atoms with van der Waals surface area (Å²) in [6.45, 7) is 1.36. The topological polar surface area (TPSA) is 50.9 Å². The summed E-state index contributed by atoms with van der Waals surface area (Å²) in [6.07, 6.45) is 1.82. The van der Waals surface area contributed by atoms with Gasteiger partial charge in [-0.1, -0.05) is 176 Å². The Balaban J connectivity index is 0.00000562. The number of para-hydroxylation sites is 2. The van der Waals surface area contributed by atoms with Crippen LogP contribution in [0.25, 0.3) is 95.0 Å². The van der Waals surface area contributed by atoms with E-state index in [9.17, 15) is 5.11 Å². The van der Waals surface area contributed by atoms with Gasteiger partial charge >= 0.3 is 0 Å². The average molecular weight is 998 g/mol. The first-order valence-corrected chi connectivity index (χ1v) is 20.7. The molecule has 63 heavy (non-hydrogen) atoms. The van der Waals surface area contributed by atoms with Gasteiger partial charge in [-0.3, -0.25) is 9.55 Å². The molecule has 10 rings (SSSR count). The molecule has 5 heteroatoms. The zero-order valence-electron chi connectivity index (χ0n) is 38.7. The van der Waals surface area contributed by atoms with Gasteiger partial charge in [0.15, 0.2) is 0 Å². The molecule has 0 amide bonds. The van der Waals surface area contributed by atoms with Crippen LogP contribution in [0.4, 0.5) is 0 Å². The number of hydrogen-bond acceptors (Lipinski definition) is 3. The molecule has 2 aromatic heterocycles. The van der Waals surface area contributed by atoms with E-state index in [1.54, 1.807) is 18.2 Å². The molecule has 1 N–H and O–H groups in total. The van der Waals surface area contributed by atoms with Gasteiger partial charge in [0.25, 0.3) is 0 Å². The predicted octanol–water partition coefficient (Wildman–Crippen LogP) is 15.0. The first-order valence-electron chi connectivity index (χ1n) is 22.7. The third kappa shape index (κ3) is 8.07. The molecule has 4 nitrogen and oxygen atoms in total. The third-order valence-electron chi connectivity index (χ3n) is 11.5. The molecule has 308 valence electrons. The van der Waals surface area contributed by atoms with E-state index >= 15 is 0 Å².